The van der Waals surface area contributed by atoms with Crippen molar-refractivity contribution in [2.24, 2.45) is 17.3 Å². The fraction of sp³-hybridized carbons (Fsp3) is 0.875. The van der Waals surface area contributed by atoms with Gasteiger partial charge in [-0.1, -0.05) is 20.3 Å². The number of carboxylic acid groups (broad SMARTS) is 1. The van der Waals surface area contributed by atoms with Crippen LogP contribution in [0.3, 0.4) is 0 Å². The first-order chi connectivity index (χ1) is 9.87. The second-order valence-electron chi connectivity index (χ2n) is 7.41. The highest BCUT2D eigenvalue weighted by Crippen LogP contribution is 2.38. The van der Waals surface area contributed by atoms with Gasteiger partial charge in [0.05, 0.1) is 5.92 Å². The van der Waals surface area contributed by atoms with Gasteiger partial charge >= 0.3 is 12.0 Å². The van der Waals surface area contributed by atoms with Crippen LogP contribution in [0.5, 0.6) is 0 Å². The zero-order valence-electron chi connectivity index (χ0n) is 13.2. The molecule has 120 valence electrons. The van der Waals surface area contributed by atoms with Gasteiger partial charge in [0.2, 0.25) is 0 Å². The SMILES string of the molecule is CC1(C)CCCC(CNC(=O)N2CCC(C(=O)O)CC2)C1. The second kappa shape index (κ2) is 6.67. The molecule has 1 heterocycles. The van der Waals surface area contributed by atoms with Gasteiger partial charge < -0.3 is 15.3 Å². The van der Waals surface area contributed by atoms with Gasteiger partial charge in [-0.15, -0.1) is 0 Å². The number of carbonyl (C=O) groups is 2. The third-order valence-electron chi connectivity index (χ3n) is 4.98. The Balaban J connectivity index is 1.72. The summed E-state index contributed by atoms with van der Waals surface area (Å²) >= 11 is 0. The lowest BCUT2D eigenvalue weighted by molar-refractivity contribution is -0.143. The van der Waals surface area contributed by atoms with Gasteiger partial charge in [-0.3, -0.25) is 4.79 Å². The van der Waals surface area contributed by atoms with Crippen LogP contribution >= 0.6 is 0 Å². The first-order valence-electron chi connectivity index (χ1n) is 8.13. The summed E-state index contributed by atoms with van der Waals surface area (Å²) in [4.78, 5) is 24.8. The summed E-state index contributed by atoms with van der Waals surface area (Å²) < 4.78 is 0. The molecule has 2 amide bonds. The van der Waals surface area contributed by atoms with Crippen molar-refractivity contribution in [2.45, 2.75) is 52.4 Å². The number of aliphatic carboxylic acids is 1. The van der Waals surface area contributed by atoms with E-state index in [-0.39, 0.29) is 11.9 Å². The maximum absolute atomic E-state index is 12.1. The van der Waals surface area contributed by atoms with Crippen molar-refractivity contribution < 1.29 is 14.7 Å². The molecule has 0 spiro atoms. The lowest BCUT2D eigenvalue weighted by Gasteiger charge is -2.36. The quantitative estimate of drug-likeness (QED) is 0.841. The van der Waals surface area contributed by atoms with Crippen molar-refractivity contribution in [3.63, 3.8) is 0 Å². The van der Waals surface area contributed by atoms with E-state index >= 15 is 0 Å². The Morgan fingerprint density at radius 3 is 2.48 bits per heavy atom. The van der Waals surface area contributed by atoms with Crippen LogP contribution < -0.4 is 5.32 Å². The molecule has 1 aliphatic heterocycles. The number of carboxylic acids is 1. The molecule has 21 heavy (non-hydrogen) atoms. The fourth-order valence-electron chi connectivity index (χ4n) is 3.70. The van der Waals surface area contributed by atoms with Gasteiger partial charge in [0.25, 0.3) is 0 Å². The van der Waals surface area contributed by atoms with Crippen molar-refractivity contribution in [3.8, 4) is 0 Å². The number of amides is 2. The third-order valence-corrected chi connectivity index (χ3v) is 4.98. The molecule has 0 aromatic heterocycles. The van der Waals surface area contributed by atoms with E-state index in [2.05, 4.69) is 19.2 Å². The summed E-state index contributed by atoms with van der Waals surface area (Å²) in [7, 11) is 0. The Morgan fingerprint density at radius 2 is 1.90 bits per heavy atom. The topological polar surface area (TPSA) is 69.6 Å². The molecule has 1 saturated heterocycles. The lowest BCUT2D eigenvalue weighted by atomic mass is 9.72. The van der Waals surface area contributed by atoms with Crippen LogP contribution in [0.15, 0.2) is 0 Å². The number of urea groups is 1. The Hall–Kier alpha value is -1.26. The van der Waals surface area contributed by atoms with Gasteiger partial charge in [0.15, 0.2) is 0 Å². The Morgan fingerprint density at radius 1 is 1.24 bits per heavy atom. The van der Waals surface area contributed by atoms with Crippen LogP contribution in [-0.2, 0) is 4.79 Å². The minimum Gasteiger partial charge on any atom is -0.481 e. The molecule has 0 radical (unpaired) electrons. The number of piperidine rings is 1. The van der Waals surface area contributed by atoms with E-state index in [1.165, 1.54) is 25.7 Å². The van der Waals surface area contributed by atoms with Gasteiger partial charge in [-0.25, -0.2) is 4.79 Å². The minimum absolute atomic E-state index is 0.0257. The number of nitrogens with zero attached hydrogens (tertiary/aromatic N) is 1. The average Bonchev–Trinajstić information content (AvgIpc) is 2.44. The van der Waals surface area contributed by atoms with E-state index in [1.54, 1.807) is 4.90 Å². The van der Waals surface area contributed by atoms with E-state index in [9.17, 15) is 9.59 Å². The molecule has 1 atom stereocenters. The fourth-order valence-corrected chi connectivity index (χ4v) is 3.70. The van der Waals surface area contributed by atoms with Crippen LogP contribution in [0.2, 0.25) is 0 Å². The molecule has 0 aromatic carbocycles. The van der Waals surface area contributed by atoms with E-state index in [0.717, 1.165) is 6.54 Å². The predicted octanol–water partition coefficient (Wildman–Crippen LogP) is 2.71. The van der Waals surface area contributed by atoms with Crippen LogP contribution in [0.25, 0.3) is 0 Å². The molecule has 2 rings (SSSR count). The molecule has 5 heteroatoms. The van der Waals surface area contributed by atoms with E-state index < -0.39 is 5.97 Å². The highest BCUT2D eigenvalue weighted by Gasteiger charge is 2.30. The maximum Gasteiger partial charge on any atom is 0.317 e. The number of hydrogen-bond donors (Lipinski definition) is 2. The Bertz CT molecular complexity index is 387. The molecule has 2 aliphatic rings. The van der Waals surface area contributed by atoms with Crippen LogP contribution in [-0.4, -0.2) is 41.6 Å². The number of carbonyl (C=O) groups excluding carboxylic acids is 1. The highest BCUT2D eigenvalue weighted by molar-refractivity contribution is 5.75. The third kappa shape index (κ3) is 4.61. The van der Waals surface area contributed by atoms with Gasteiger partial charge in [-0.2, -0.15) is 0 Å². The van der Waals surface area contributed by atoms with Gasteiger partial charge in [0, 0.05) is 19.6 Å². The van der Waals surface area contributed by atoms with Crippen LogP contribution in [0, 0.1) is 17.3 Å². The summed E-state index contributed by atoms with van der Waals surface area (Å²) in [6.45, 7) is 6.47. The molecule has 2 N–H and O–H groups in total. The number of rotatable bonds is 3. The highest BCUT2D eigenvalue weighted by atomic mass is 16.4. The molecular formula is C16H28N2O3. The van der Waals surface area contributed by atoms with Crippen molar-refractivity contribution in [1.82, 2.24) is 10.2 Å². The summed E-state index contributed by atoms with van der Waals surface area (Å²) in [6, 6.07) is -0.0257. The second-order valence-corrected chi connectivity index (χ2v) is 7.41. The Labute approximate surface area is 127 Å². The van der Waals surface area contributed by atoms with E-state index in [4.69, 9.17) is 5.11 Å². The molecule has 1 aliphatic carbocycles. The lowest BCUT2D eigenvalue weighted by Crippen LogP contribution is -2.47. The predicted molar refractivity (Wildman–Crippen MR) is 81.1 cm³/mol. The average molecular weight is 296 g/mol. The minimum atomic E-state index is -0.737. The van der Waals surface area contributed by atoms with Gasteiger partial charge in [-0.05, 0) is 43.4 Å². The summed E-state index contributed by atoms with van der Waals surface area (Å²) in [5.41, 5.74) is 0.396. The van der Waals surface area contributed by atoms with Crippen LogP contribution in [0.4, 0.5) is 4.79 Å². The number of likely N-dealkylation sites (tertiary alicyclic amines) is 1. The molecule has 2 fully saturated rings. The van der Waals surface area contributed by atoms with Crippen molar-refractivity contribution in [2.75, 3.05) is 19.6 Å². The molecule has 1 saturated carbocycles. The van der Waals surface area contributed by atoms with E-state index in [0.29, 0.717) is 37.3 Å². The number of hydrogen-bond acceptors (Lipinski definition) is 2. The summed E-state index contributed by atoms with van der Waals surface area (Å²) in [6.07, 6.45) is 6.04. The largest absolute Gasteiger partial charge is 0.481 e. The maximum atomic E-state index is 12.1. The zero-order chi connectivity index (χ0) is 15.5. The smallest absolute Gasteiger partial charge is 0.317 e. The van der Waals surface area contributed by atoms with E-state index in [1.807, 2.05) is 0 Å². The standard InChI is InChI=1S/C16H28N2O3/c1-16(2)7-3-4-12(10-16)11-17-15(21)18-8-5-13(6-9-18)14(19)20/h12-13H,3-11H2,1-2H3,(H,17,21)(H,19,20). The van der Waals surface area contributed by atoms with Crippen molar-refractivity contribution in [3.05, 3.63) is 0 Å². The summed E-state index contributed by atoms with van der Waals surface area (Å²) in [5, 5.41) is 12.0. The summed E-state index contributed by atoms with van der Waals surface area (Å²) in [5.74, 6) is -0.443. The molecular weight excluding hydrogens is 268 g/mol. The normalized spacial score (nSPS) is 26.4. The first kappa shape index (κ1) is 16.1. The Kier molecular flexibility index (Phi) is 5.12. The first-order valence-corrected chi connectivity index (χ1v) is 8.13. The molecule has 0 aromatic rings. The van der Waals surface area contributed by atoms with Crippen molar-refractivity contribution >= 4 is 12.0 Å². The number of nitrogens with one attached hydrogen (secondary N) is 1. The molecule has 1 unspecified atom stereocenters. The molecule has 0 bridgehead atoms. The zero-order valence-corrected chi connectivity index (χ0v) is 13.2. The molecule has 5 nitrogen and oxygen atoms in total. The van der Waals surface area contributed by atoms with Gasteiger partial charge in [0.1, 0.15) is 0 Å². The van der Waals surface area contributed by atoms with Crippen molar-refractivity contribution in [1.29, 1.82) is 0 Å². The van der Waals surface area contributed by atoms with Crippen LogP contribution in [0.1, 0.15) is 52.4 Å². The monoisotopic (exact) mass is 296 g/mol.